The van der Waals surface area contributed by atoms with Crippen molar-refractivity contribution in [3.8, 4) is 11.5 Å². The number of benzene rings is 2. The quantitative estimate of drug-likeness (QED) is 0.333. The molecule has 0 fully saturated rings. The number of carbonyl (C=O) groups is 1. The van der Waals surface area contributed by atoms with Gasteiger partial charge in [0, 0.05) is 17.7 Å². The van der Waals surface area contributed by atoms with Crippen LogP contribution in [0.5, 0.6) is 11.5 Å². The monoisotopic (exact) mass is 485 g/mol. The Kier molecular flexibility index (Phi) is 7.05. The number of carbonyl (C=O) groups excluding carboxylic acids is 1. The van der Waals surface area contributed by atoms with Gasteiger partial charge in [-0.05, 0) is 86.5 Å². The molecule has 1 unspecified atom stereocenters. The maximum atomic E-state index is 13.1. The van der Waals surface area contributed by atoms with Crippen LogP contribution >= 0.6 is 23.7 Å². The predicted molar refractivity (Wildman–Crippen MR) is 137 cm³/mol. The van der Waals surface area contributed by atoms with E-state index >= 15 is 0 Å². The summed E-state index contributed by atoms with van der Waals surface area (Å²) in [6.45, 7) is 7.48. The molecule has 3 aromatic rings. The van der Waals surface area contributed by atoms with E-state index in [2.05, 4.69) is 10.3 Å². The van der Waals surface area contributed by atoms with Crippen LogP contribution in [-0.2, 0) is 11.2 Å². The number of hydrogen-bond donors (Lipinski definition) is 3. The van der Waals surface area contributed by atoms with Crippen LogP contribution in [0.15, 0.2) is 46.8 Å². The van der Waals surface area contributed by atoms with E-state index in [9.17, 15) is 9.90 Å². The van der Waals surface area contributed by atoms with Gasteiger partial charge in [-0.3, -0.25) is 4.79 Å². The number of thiophene rings is 1. The van der Waals surface area contributed by atoms with Gasteiger partial charge in [-0.1, -0.05) is 6.07 Å². The highest BCUT2D eigenvalue weighted by atomic mass is 35.5. The van der Waals surface area contributed by atoms with Crippen LogP contribution in [0.2, 0.25) is 0 Å². The lowest BCUT2D eigenvalue weighted by Crippen LogP contribution is -2.48. The van der Waals surface area contributed by atoms with Gasteiger partial charge in [0.05, 0.1) is 10.6 Å². The number of halogens is 1. The Morgan fingerprint density at radius 2 is 1.85 bits per heavy atom. The Morgan fingerprint density at radius 1 is 1.15 bits per heavy atom. The SMILES string of the molecule is Cc1c(C)c2c(c(C)c1O)CCC(C)(C(=O)Nc1ccc(N=C(N)c3cccs3)cc1)O2.Cl. The Morgan fingerprint density at radius 3 is 2.48 bits per heavy atom. The van der Waals surface area contributed by atoms with Crippen molar-refractivity contribution in [1.29, 1.82) is 0 Å². The van der Waals surface area contributed by atoms with Gasteiger partial charge in [0.1, 0.15) is 17.3 Å². The summed E-state index contributed by atoms with van der Waals surface area (Å²) in [7, 11) is 0. The molecule has 8 heteroatoms. The lowest BCUT2D eigenvalue weighted by Gasteiger charge is -2.36. The average molecular weight is 486 g/mol. The summed E-state index contributed by atoms with van der Waals surface area (Å²) >= 11 is 1.54. The minimum atomic E-state index is -1.01. The fraction of sp³-hybridized carbons (Fsp3) is 0.280. The molecule has 2 aromatic carbocycles. The molecule has 4 N–H and O–H groups in total. The molecule has 0 bridgehead atoms. The van der Waals surface area contributed by atoms with Gasteiger partial charge in [-0.2, -0.15) is 0 Å². The number of phenols is 1. The van der Waals surface area contributed by atoms with Crippen molar-refractivity contribution in [2.45, 2.75) is 46.1 Å². The van der Waals surface area contributed by atoms with Crippen LogP contribution in [0.3, 0.4) is 0 Å². The number of nitrogens with zero attached hydrogens (tertiary/aromatic N) is 1. The average Bonchev–Trinajstić information content (AvgIpc) is 3.32. The smallest absolute Gasteiger partial charge is 0.268 e. The van der Waals surface area contributed by atoms with Crippen molar-refractivity contribution >= 4 is 46.9 Å². The topological polar surface area (TPSA) is 96.9 Å². The highest BCUT2D eigenvalue weighted by molar-refractivity contribution is 7.12. The highest BCUT2D eigenvalue weighted by Crippen LogP contribution is 2.43. The summed E-state index contributed by atoms with van der Waals surface area (Å²) in [6.07, 6.45) is 1.18. The van der Waals surface area contributed by atoms with E-state index in [4.69, 9.17) is 10.5 Å². The molecule has 1 aromatic heterocycles. The molecule has 1 aliphatic rings. The van der Waals surface area contributed by atoms with Gasteiger partial charge < -0.3 is 20.9 Å². The molecule has 0 saturated heterocycles. The van der Waals surface area contributed by atoms with E-state index in [1.807, 2.05) is 57.3 Å². The first-order chi connectivity index (χ1) is 15.2. The number of hydrogen-bond acceptors (Lipinski definition) is 5. The fourth-order valence-electron chi connectivity index (χ4n) is 3.91. The van der Waals surface area contributed by atoms with Gasteiger partial charge in [0.2, 0.25) is 0 Å². The molecule has 0 spiro atoms. The molecule has 1 atom stereocenters. The zero-order valence-electron chi connectivity index (χ0n) is 19.1. The number of aromatic hydroxyl groups is 1. The van der Waals surface area contributed by atoms with Crippen molar-refractivity contribution in [1.82, 2.24) is 0 Å². The number of phenolic OH excluding ortho intramolecular Hbond substituents is 1. The van der Waals surface area contributed by atoms with Gasteiger partial charge in [-0.25, -0.2) is 4.99 Å². The van der Waals surface area contributed by atoms with Crippen LogP contribution in [0.1, 0.15) is 40.5 Å². The summed E-state index contributed by atoms with van der Waals surface area (Å²) in [5.41, 5.74) is 9.86. The van der Waals surface area contributed by atoms with Gasteiger partial charge in [0.25, 0.3) is 5.91 Å². The summed E-state index contributed by atoms with van der Waals surface area (Å²) in [4.78, 5) is 18.5. The van der Waals surface area contributed by atoms with Crippen LogP contribution < -0.4 is 15.8 Å². The Labute approximate surface area is 203 Å². The molecular formula is C25H28ClN3O3S. The number of anilines is 1. The van der Waals surface area contributed by atoms with Gasteiger partial charge in [-0.15, -0.1) is 23.7 Å². The molecule has 33 heavy (non-hydrogen) atoms. The van der Waals surface area contributed by atoms with Crippen LogP contribution in [0, 0.1) is 20.8 Å². The largest absolute Gasteiger partial charge is 0.507 e. The molecule has 174 valence electrons. The maximum Gasteiger partial charge on any atom is 0.268 e. The van der Waals surface area contributed by atoms with Crippen molar-refractivity contribution in [3.63, 3.8) is 0 Å². The summed E-state index contributed by atoms with van der Waals surface area (Å²) in [5.74, 6) is 1.27. The number of amidine groups is 1. The Balaban J connectivity index is 0.00000306. The number of amides is 1. The van der Waals surface area contributed by atoms with Crippen LogP contribution in [0.4, 0.5) is 11.4 Å². The van der Waals surface area contributed by atoms with E-state index in [1.165, 1.54) is 11.3 Å². The molecule has 0 aliphatic carbocycles. The number of nitrogens with two attached hydrogens (primary N) is 1. The number of aliphatic imine (C=N–C) groups is 1. The van der Waals surface area contributed by atoms with E-state index < -0.39 is 5.60 Å². The van der Waals surface area contributed by atoms with E-state index in [-0.39, 0.29) is 18.3 Å². The normalized spacial score (nSPS) is 17.5. The van der Waals surface area contributed by atoms with E-state index in [0.29, 0.717) is 41.6 Å². The molecule has 4 rings (SSSR count). The maximum absolute atomic E-state index is 13.1. The van der Waals surface area contributed by atoms with Crippen LogP contribution in [0.25, 0.3) is 0 Å². The fourth-order valence-corrected chi connectivity index (χ4v) is 4.54. The van der Waals surface area contributed by atoms with Crippen molar-refractivity contribution < 1.29 is 14.6 Å². The molecule has 1 aliphatic heterocycles. The van der Waals surface area contributed by atoms with Crippen molar-refractivity contribution in [3.05, 3.63) is 68.9 Å². The number of fused-ring (bicyclic) bond motifs is 1. The van der Waals surface area contributed by atoms with E-state index in [1.54, 1.807) is 12.1 Å². The van der Waals surface area contributed by atoms with Crippen LogP contribution in [-0.4, -0.2) is 22.5 Å². The molecule has 0 saturated carbocycles. The first-order valence-electron chi connectivity index (χ1n) is 10.5. The first kappa shape index (κ1) is 24.6. The minimum absolute atomic E-state index is 0. The predicted octanol–water partition coefficient (Wildman–Crippen LogP) is 5.56. The molecule has 2 heterocycles. The highest BCUT2D eigenvalue weighted by Gasteiger charge is 2.40. The lowest BCUT2D eigenvalue weighted by atomic mass is 9.86. The second-order valence-corrected chi connectivity index (χ2v) is 9.29. The number of ether oxygens (including phenoxy) is 1. The zero-order valence-corrected chi connectivity index (χ0v) is 20.7. The summed E-state index contributed by atoms with van der Waals surface area (Å²) in [5, 5.41) is 15.3. The standard InChI is InChI=1S/C25H27N3O3S.ClH/c1-14-15(2)22-19(16(3)21(14)29)11-12-25(4,31-22)24(30)28-18-9-7-17(8-10-18)27-23(26)20-6-5-13-32-20;/h5-10,13,29H,11-12H2,1-4H3,(H2,26,27)(H,28,30);1H. The number of nitrogens with one attached hydrogen (secondary N) is 1. The lowest BCUT2D eigenvalue weighted by molar-refractivity contribution is -0.131. The molecule has 1 amide bonds. The third-order valence-corrected chi connectivity index (χ3v) is 7.04. The van der Waals surface area contributed by atoms with Crippen molar-refractivity contribution in [2.24, 2.45) is 10.7 Å². The third-order valence-electron chi connectivity index (χ3n) is 6.15. The zero-order chi connectivity index (χ0) is 23.0. The second-order valence-electron chi connectivity index (χ2n) is 8.34. The molecular weight excluding hydrogens is 458 g/mol. The minimum Gasteiger partial charge on any atom is -0.507 e. The van der Waals surface area contributed by atoms with Gasteiger partial charge in [0.15, 0.2) is 5.60 Å². The molecule has 6 nitrogen and oxygen atoms in total. The second kappa shape index (κ2) is 9.45. The number of rotatable bonds is 4. The summed E-state index contributed by atoms with van der Waals surface area (Å²) in [6, 6.07) is 11.1. The third kappa shape index (κ3) is 4.70. The first-order valence-corrected chi connectivity index (χ1v) is 11.4. The van der Waals surface area contributed by atoms with Crippen molar-refractivity contribution in [2.75, 3.05) is 5.32 Å². The molecule has 0 radical (unpaired) electrons. The summed E-state index contributed by atoms with van der Waals surface area (Å²) < 4.78 is 6.26. The Hall–Kier alpha value is -3.03. The Bertz CT molecular complexity index is 1210. The van der Waals surface area contributed by atoms with E-state index in [0.717, 1.165) is 27.1 Å². The van der Waals surface area contributed by atoms with Gasteiger partial charge >= 0.3 is 0 Å².